The van der Waals surface area contributed by atoms with Crippen molar-refractivity contribution in [3.8, 4) is 11.5 Å². The molecule has 126 valence electrons. The number of amides is 2. The van der Waals surface area contributed by atoms with Crippen molar-refractivity contribution in [3.05, 3.63) is 39.9 Å². The van der Waals surface area contributed by atoms with E-state index < -0.39 is 11.8 Å². The largest absolute Gasteiger partial charge is 0.493 e. The molecule has 0 spiro atoms. The third kappa shape index (κ3) is 4.11. The number of methoxy groups -OCH3 is 2. The maximum Gasteiger partial charge on any atom is 0.250 e. The van der Waals surface area contributed by atoms with Gasteiger partial charge in [-0.05, 0) is 19.1 Å². The number of anilines is 1. The van der Waals surface area contributed by atoms with Gasteiger partial charge in [-0.15, -0.1) is 11.3 Å². The van der Waals surface area contributed by atoms with E-state index in [1.165, 1.54) is 43.8 Å². The van der Waals surface area contributed by atoms with Crippen LogP contribution in [0.5, 0.6) is 11.5 Å². The van der Waals surface area contributed by atoms with Gasteiger partial charge in [0.1, 0.15) is 0 Å². The first-order chi connectivity index (χ1) is 11.4. The summed E-state index contributed by atoms with van der Waals surface area (Å²) >= 11 is 1.49. The van der Waals surface area contributed by atoms with Crippen LogP contribution < -0.4 is 20.5 Å². The number of thiazole rings is 1. The van der Waals surface area contributed by atoms with Crippen molar-refractivity contribution >= 4 is 34.9 Å². The van der Waals surface area contributed by atoms with Crippen LogP contribution in [0.2, 0.25) is 0 Å². The molecule has 2 aromatic rings. The number of hydrogen-bond acceptors (Lipinski definition) is 6. The molecule has 2 rings (SSSR count). The summed E-state index contributed by atoms with van der Waals surface area (Å²) in [5.41, 5.74) is 6.41. The zero-order valence-corrected chi connectivity index (χ0v) is 14.3. The van der Waals surface area contributed by atoms with E-state index >= 15 is 0 Å². The number of carbonyl (C=O) groups excluding carboxylic acids is 2. The molecule has 0 aliphatic rings. The Balaban J connectivity index is 2.25. The minimum atomic E-state index is -0.689. The van der Waals surface area contributed by atoms with Gasteiger partial charge in [0.2, 0.25) is 5.91 Å². The monoisotopic (exact) mass is 347 g/mol. The Morgan fingerprint density at radius 2 is 1.92 bits per heavy atom. The summed E-state index contributed by atoms with van der Waals surface area (Å²) in [4.78, 5) is 27.9. The smallest absolute Gasteiger partial charge is 0.250 e. The van der Waals surface area contributed by atoms with Gasteiger partial charge in [0.05, 0.1) is 36.2 Å². The van der Waals surface area contributed by atoms with Gasteiger partial charge < -0.3 is 20.5 Å². The topological polar surface area (TPSA) is 104 Å². The van der Waals surface area contributed by atoms with Crippen LogP contribution in [0.3, 0.4) is 0 Å². The number of carbonyl (C=O) groups is 2. The summed E-state index contributed by atoms with van der Waals surface area (Å²) in [7, 11) is 2.90. The first-order valence-electron chi connectivity index (χ1n) is 6.91. The highest BCUT2D eigenvalue weighted by molar-refractivity contribution is 7.09. The SMILES string of the molecule is COc1cc(NC(=O)/C=C/c2csc(C)n2)c(C(N)=O)cc1OC. The number of aryl methyl sites for hydroxylation is 1. The predicted molar refractivity (Wildman–Crippen MR) is 92.6 cm³/mol. The van der Waals surface area contributed by atoms with Crippen LogP contribution in [-0.4, -0.2) is 31.0 Å². The minimum Gasteiger partial charge on any atom is -0.493 e. The predicted octanol–water partition coefficient (Wildman–Crippen LogP) is 2.22. The lowest BCUT2D eigenvalue weighted by atomic mass is 10.1. The number of nitrogens with zero attached hydrogens (tertiary/aromatic N) is 1. The van der Waals surface area contributed by atoms with Gasteiger partial charge in [-0.2, -0.15) is 0 Å². The standard InChI is InChI=1S/C16H17N3O4S/c1-9-18-10(8-24-9)4-5-15(20)19-12-7-14(23-3)13(22-2)6-11(12)16(17)21/h4-8H,1-3H3,(H2,17,21)(H,19,20)/b5-4+. The van der Waals surface area contributed by atoms with Gasteiger partial charge in [-0.1, -0.05) is 0 Å². The summed E-state index contributed by atoms with van der Waals surface area (Å²) in [5, 5.41) is 5.35. The van der Waals surface area contributed by atoms with Crippen LogP contribution in [0.4, 0.5) is 5.69 Å². The van der Waals surface area contributed by atoms with E-state index in [0.717, 1.165) is 5.01 Å². The molecule has 2 amide bonds. The maximum absolute atomic E-state index is 12.1. The van der Waals surface area contributed by atoms with Crippen molar-refractivity contribution in [3.63, 3.8) is 0 Å². The minimum absolute atomic E-state index is 0.124. The van der Waals surface area contributed by atoms with E-state index in [1.807, 2.05) is 12.3 Å². The Kier molecular flexibility index (Phi) is 5.54. The molecule has 0 saturated carbocycles. The normalized spacial score (nSPS) is 10.6. The number of ether oxygens (including phenoxy) is 2. The van der Waals surface area contributed by atoms with Crippen molar-refractivity contribution in [1.29, 1.82) is 0 Å². The van der Waals surface area contributed by atoms with Gasteiger partial charge in [0, 0.05) is 17.5 Å². The fourth-order valence-electron chi connectivity index (χ4n) is 1.98. The molecule has 7 nitrogen and oxygen atoms in total. The molecule has 24 heavy (non-hydrogen) atoms. The van der Waals surface area contributed by atoms with E-state index in [9.17, 15) is 9.59 Å². The second-order valence-electron chi connectivity index (χ2n) is 4.73. The first-order valence-corrected chi connectivity index (χ1v) is 7.79. The van der Waals surface area contributed by atoms with E-state index in [1.54, 1.807) is 6.08 Å². The van der Waals surface area contributed by atoms with Gasteiger partial charge in [0.25, 0.3) is 5.91 Å². The Labute approximate surface area is 143 Å². The second kappa shape index (κ2) is 7.60. The van der Waals surface area contributed by atoms with Crippen LogP contribution in [0, 0.1) is 6.92 Å². The van der Waals surface area contributed by atoms with E-state index in [2.05, 4.69) is 10.3 Å². The van der Waals surface area contributed by atoms with E-state index in [-0.39, 0.29) is 11.3 Å². The molecule has 8 heteroatoms. The molecule has 1 aromatic heterocycles. The average Bonchev–Trinajstić information content (AvgIpc) is 2.97. The molecule has 1 heterocycles. The van der Waals surface area contributed by atoms with Gasteiger partial charge in [0.15, 0.2) is 11.5 Å². The van der Waals surface area contributed by atoms with Gasteiger partial charge in [-0.3, -0.25) is 9.59 Å². The van der Waals surface area contributed by atoms with E-state index in [4.69, 9.17) is 15.2 Å². The van der Waals surface area contributed by atoms with Crippen molar-refractivity contribution in [2.24, 2.45) is 5.73 Å². The highest BCUT2D eigenvalue weighted by Gasteiger charge is 2.16. The molecule has 0 unspecified atom stereocenters. The molecular formula is C16H17N3O4S. The second-order valence-corrected chi connectivity index (χ2v) is 5.79. The lowest BCUT2D eigenvalue weighted by molar-refractivity contribution is -0.111. The lowest BCUT2D eigenvalue weighted by Gasteiger charge is -2.13. The van der Waals surface area contributed by atoms with E-state index in [0.29, 0.717) is 17.2 Å². The number of primary amides is 1. The highest BCUT2D eigenvalue weighted by Crippen LogP contribution is 2.33. The van der Waals surface area contributed by atoms with Crippen LogP contribution in [0.1, 0.15) is 21.1 Å². The van der Waals surface area contributed by atoms with Crippen molar-refractivity contribution in [2.75, 3.05) is 19.5 Å². The summed E-state index contributed by atoms with van der Waals surface area (Å²) < 4.78 is 10.3. The zero-order chi connectivity index (χ0) is 17.7. The first kappa shape index (κ1) is 17.5. The Hall–Kier alpha value is -2.87. The van der Waals surface area contributed by atoms with Crippen LogP contribution in [0.15, 0.2) is 23.6 Å². The van der Waals surface area contributed by atoms with Gasteiger partial charge in [-0.25, -0.2) is 4.98 Å². The van der Waals surface area contributed by atoms with Crippen molar-refractivity contribution < 1.29 is 19.1 Å². The molecule has 0 aliphatic heterocycles. The molecule has 1 aromatic carbocycles. The summed E-state index contributed by atoms with van der Waals surface area (Å²) in [5.74, 6) is -0.393. The molecule has 3 N–H and O–H groups in total. The number of nitrogens with two attached hydrogens (primary N) is 1. The number of benzene rings is 1. The molecule has 0 bridgehead atoms. The fourth-order valence-corrected chi connectivity index (χ4v) is 2.56. The Morgan fingerprint density at radius 3 is 2.46 bits per heavy atom. The average molecular weight is 347 g/mol. The number of aromatic nitrogens is 1. The zero-order valence-electron chi connectivity index (χ0n) is 13.5. The quantitative estimate of drug-likeness (QED) is 0.780. The summed E-state index contributed by atoms with van der Waals surface area (Å²) in [6.07, 6.45) is 2.92. The molecular weight excluding hydrogens is 330 g/mol. The summed E-state index contributed by atoms with van der Waals surface area (Å²) in [6, 6.07) is 2.90. The highest BCUT2D eigenvalue weighted by atomic mass is 32.1. The maximum atomic E-state index is 12.1. The summed E-state index contributed by atoms with van der Waals surface area (Å²) in [6.45, 7) is 1.88. The van der Waals surface area contributed by atoms with Crippen molar-refractivity contribution in [1.82, 2.24) is 4.98 Å². The lowest BCUT2D eigenvalue weighted by Crippen LogP contribution is -2.17. The fraction of sp³-hybridized carbons (Fsp3) is 0.188. The molecule has 0 radical (unpaired) electrons. The third-order valence-corrected chi connectivity index (χ3v) is 3.88. The number of hydrogen-bond donors (Lipinski definition) is 2. The molecule has 0 atom stereocenters. The molecule has 0 saturated heterocycles. The van der Waals surface area contributed by atoms with Crippen LogP contribution >= 0.6 is 11.3 Å². The molecule has 0 fully saturated rings. The van der Waals surface area contributed by atoms with Crippen LogP contribution in [0.25, 0.3) is 6.08 Å². The van der Waals surface area contributed by atoms with Crippen LogP contribution in [-0.2, 0) is 4.79 Å². The Bertz CT molecular complexity index is 799. The third-order valence-electron chi connectivity index (χ3n) is 3.09. The Morgan fingerprint density at radius 1 is 1.25 bits per heavy atom. The number of nitrogens with one attached hydrogen (secondary N) is 1. The molecule has 0 aliphatic carbocycles. The van der Waals surface area contributed by atoms with Gasteiger partial charge >= 0.3 is 0 Å². The number of rotatable bonds is 6. The van der Waals surface area contributed by atoms with Crippen molar-refractivity contribution in [2.45, 2.75) is 6.92 Å².